The molecule has 174 valence electrons. The molecule has 4 nitrogen and oxygen atoms in total. The predicted octanol–water partition coefficient (Wildman–Crippen LogP) is 8.65. The molecular formula is C26H47NO3. The van der Waals surface area contributed by atoms with Gasteiger partial charge in [-0.05, 0) is 6.42 Å². The minimum atomic E-state index is -0.387. The lowest BCUT2D eigenvalue weighted by Gasteiger charge is -2.04. The summed E-state index contributed by atoms with van der Waals surface area (Å²) >= 11 is 0. The SMILES string of the molecule is CCCCCCCCCCCCCCCCCCCCCCOC(=O)c1ccon1. The molecule has 0 bridgehead atoms. The highest BCUT2D eigenvalue weighted by Gasteiger charge is 2.09. The number of ether oxygens (including phenoxy) is 1. The normalized spacial score (nSPS) is 11.1. The fourth-order valence-corrected chi connectivity index (χ4v) is 3.91. The van der Waals surface area contributed by atoms with E-state index in [4.69, 9.17) is 4.74 Å². The molecule has 1 heterocycles. The van der Waals surface area contributed by atoms with E-state index < -0.39 is 0 Å². The number of esters is 1. The summed E-state index contributed by atoms with van der Waals surface area (Å²) in [4.78, 5) is 11.6. The second-order valence-electron chi connectivity index (χ2n) is 8.74. The predicted molar refractivity (Wildman–Crippen MR) is 125 cm³/mol. The zero-order chi connectivity index (χ0) is 21.5. The smallest absolute Gasteiger partial charge is 0.360 e. The van der Waals surface area contributed by atoms with E-state index in [0.29, 0.717) is 6.61 Å². The summed E-state index contributed by atoms with van der Waals surface area (Å²) in [5.74, 6) is -0.387. The molecule has 0 aliphatic heterocycles. The van der Waals surface area contributed by atoms with Crippen molar-refractivity contribution < 1.29 is 14.1 Å². The van der Waals surface area contributed by atoms with Crippen LogP contribution in [0, 0.1) is 0 Å². The van der Waals surface area contributed by atoms with Crippen LogP contribution in [0.3, 0.4) is 0 Å². The Kier molecular flexibility index (Phi) is 18.6. The van der Waals surface area contributed by atoms with Crippen molar-refractivity contribution in [2.24, 2.45) is 0 Å². The van der Waals surface area contributed by atoms with Crippen LogP contribution in [0.25, 0.3) is 0 Å². The second kappa shape index (κ2) is 20.9. The molecular weight excluding hydrogens is 374 g/mol. The van der Waals surface area contributed by atoms with Crippen molar-refractivity contribution in [1.82, 2.24) is 5.16 Å². The van der Waals surface area contributed by atoms with Crippen LogP contribution in [0.1, 0.15) is 146 Å². The molecule has 0 radical (unpaired) electrons. The Bertz CT molecular complexity index is 473. The topological polar surface area (TPSA) is 52.3 Å². The average Bonchev–Trinajstić information content (AvgIpc) is 3.30. The van der Waals surface area contributed by atoms with Gasteiger partial charge in [0.1, 0.15) is 6.26 Å². The minimum absolute atomic E-state index is 0.253. The molecule has 0 aliphatic rings. The standard InChI is InChI=1S/C26H47NO3/c1-2-3-4-5-6-7-8-9-10-11-12-13-14-15-16-17-18-19-20-21-23-29-26(28)25-22-24-30-27-25/h22,24H,2-21,23H2,1H3. The summed E-state index contributed by atoms with van der Waals surface area (Å²) in [7, 11) is 0. The molecule has 0 saturated carbocycles. The van der Waals surface area contributed by atoms with Crippen LogP contribution in [0.4, 0.5) is 0 Å². The van der Waals surface area contributed by atoms with E-state index in [9.17, 15) is 4.79 Å². The van der Waals surface area contributed by atoms with Gasteiger partial charge in [0.15, 0.2) is 5.69 Å². The Hall–Kier alpha value is -1.32. The van der Waals surface area contributed by atoms with Gasteiger partial charge in [-0.15, -0.1) is 0 Å². The number of hydrogen-bond donors (Lipinski definition) is 0. The number of hydrogen-bond acceptors (Lipinski definition) is 4. The Morgan fingerprint density at radius 2 is 1.10 bits per heavy atom. The molecule has 0 atom stereocenters. The third-order valence-electron chi connectivity index (χ3n) is 5.88. The van der Waals surface area contributed by atoms with Crippen LogP contribution in [0.2, 0.25) is 0 Å². The number of unbranched alkanes of at least 4 members (excludes halogenated alkanes) is 19. The van der Waals surface area contributed by atoms with Crippen molar-refractivity contribution in [3.8, 4) is 0 Å². The monoisotopic (exact) mass is 421 g/mol. The Morgan fingerprint density at radius 3 is 1.47 bits per heavy atom. The number of carbonyl (C=O) groups is 1. The van der Waals surface area contributed by atoms with Crippen LogP contribution in [0.5, 0.6) is 0 Å². The van der Waals surface area contributed by atoms with Crippen molar-refractivity contribution in [3.63, 3.8) is 0 Å². The Morgan fingerprint density at radius 1 is 0.700 bits per heavy atom. The lowest BCUT2D eigenvalue weighted by molar-refractivity contribution is 0.0486. The zero-order valence-corrected chi connectivity index (χ0v) is 19.7. The Labute approximate surface area is 185 Å². The van der Waals surface area contributed by atoms with Gasteiger partial charge in [0.2, 0.25) is 0 Å². The molecule has 1 aromatic rings. The van der Waals surface area contributed by atoms with Crippen molar-refractivity contribution >= 4 is 5.97 Å². The first-order valence-corrected chi connectivity index (χ1v) is 12.9. The maximum absolute atomic E-state index is 11.6. The molecule has 0 fully saturated rings. The van der Waals surface area contributed by atoms with Crippen LogP contribution in [0.15, 0.2) is 16.9 Å². The molecule has 1 aromatic heterocycles. The first-order chi connectivity index (χ1) is 14.8. The quantitative estimate of drug-likeness (QED) is 0.139. The number of nitrogens with zero attached hydrogens (tertiary/aromatic N) is 1. The van der Waals surface area contributed by atoms with Gasteiger partial charge in [-0.2, -0.15) is 0 Å². The summed E-state index contributed by atoms with van der Waals surface area (Å²) in [5.41, 5.74) is 0.253. The molecule has 0 N–H and O–H groups in total. The maximum atomic E-state index is 11.6. The maximum Gasteiger partial charge on any atom is 0.360 e. The fraction of sp³-hybridized carbons (Fsp3) is 0.846. The van der Waals surface area contributed by atoms with Gasteiger partial charge in [0.25, 0.3) is 0 Å². The van der Waals surface area contributed by atoms with E-state index in [1.807, 2.05) is 0 Å². The molecule has 0 aliphatic carbocycles. The van der Waals surface area contributed by atoms with Gasteiger partial charge in [0.05, 0.1) is 6.61 Å². The Balaban J connectivity index is 1.68. The summed E-state index contributed by atoms with van der Waals surface area (Å²) in [6.45, 7) is 2.76. The summed E-state index contributed by atoms with van der Waals surface area (Å²) < 4.78 is 9.80. The molecule has 0 saturated heterocycles. The van der Waals surface area contributed by atoms with Crippen LogP contribution >= 0.6 is 0 Å². The molecule has 30 heavy (non-hydrogen) atoms. The number of carbonyl (C=O) groups excluding carboxylic acids is 1. The van der Waals surface area contributed by atoms with E-state index in [1.165, 1.54) is 128 Å². The molecule has 0 spiro atoms. The highest BCUT2D eigenvalue weighted by atomic mass is 16.5. The van der Waals surface area contributed by atoms with E-state index in [-0.39, 0.29) is 11.7 Å². The van der Waals surface area contributed by atoms with Crippen molar-refractivity contribution in [2.45, 2.75) is 135 Å². The lowest BCUT2D eigenvalue weighted by Crippen LogP contribution is -2.06. The highest BCUT2D eigenvalue weighted by Crippen LogP contribution is 2.14. The first-order valence-electron chi connectivity index (χ1n) is 12.9. The third kappa shape index (κ3) is 16.5. The van der Waals surface area contributed by atoms with E-state index in [2.05, 4.69) is 16.6 Å². The number of aromatic nitrogens is 1. The minimum Gasteiger partial charge on any atom is -0.461 e. The molecule has 0 amide bonds. The van der Waals surface area contributed by atoms with Crippen LogP contribution in [-0.2, 0) is 4.74 Å². The van der Waals surface area contributed by atoms with E-state index in [0.717, 1.165) is 12.8 Å². The van der Waals surface area contributed by atoms with Gasteiger partial charge >= 0.3 is 5.97 Å². The van der Waals surface area contributed by atoms with Crippen LogP contribution < -0.4 is 0 Å². The van der Waals surface area contributed by atoms with Crippen molar-refractivity contribution in [3.05, 3.63) is 18.0 Å². The third-order valence-corrected chi connectivity index (χ3v) is 5.88. The summed E-state index contributed by atoms with van der Waals surface area (Å²) in [6, 6.07) is 1.53. The summed E-state index contributed by atoms with van der Waals surface area (Å²) in [6.07, 6.45) is 28.7. The first kappa shape index (κ1) is 26.7. The van der Waals surface area contributed by atoms with Gasteiger partial charge in [-0.3, -0.25) is 0 Å². The lowest BCUT2D eigenvalue weighted by atomic mass is 10.0. The second-order valence-corrected chi connectivity index (χ2v) is 8.74. The van der Waals surface area contributed by atoms with Gasteiger partial charge < -0.3 is 9.26 Å². The largest absolute Gasteiger partial charge is 0.461 e. The summed E-state index contributed by atoms with van der Waals surface area (Å²) in [5, 5.41) is 3.57. The zero-order valence-electron chi connectivity index (χ0n) is 19.7. The molecule has 0 aromatic carbocycles. The fourth-order valence-electron chi connectivity index (χ4n) is 3.91. The average molecular weight is 422 g/mol. The van der Waals surface area contributed by atoms with E-state index in [1.54, 1.807) is 0 Å². The highest BCUT2D eigenvalue weighted by molar-refractivity contribution is 5.86. The van der Waals surface area contributed by atoms with E-state index >= 15 is 0 Å². The molecule has 0 unspecified atom stereocenters. The van der Waals surface area contributed by atoms with Crippen LogP contribution in [-0.4, -0.2) is 17.7 Å². The van der Waals surface area contributed by atoms with Crippen molar-refractivity contribution in [1.29, 1.82) is 0 Å². The van der Waals surface area contributed by atoms with Gasteiger partial charge in [-0.1, -0.05) is 134 Å². The molecule has 1 rings (SSSR count). The van der Waals surface area contributed by atoms with Gasteiger partial charge in [0, 0.05) is 6.07 Å². The number of rotatable bonds is 22. The molecule has 4 heteroatoms. The van der Waals surface area contributed by atoms with Crippen molar-refractivity contribution in [2.75, 3.05) is 6.61 Å². The van der Waals surface area contributed by atoms with Gasteiger partial charge in [-0.25, -0.2) is 4.79 Å².